The van der Waals surface area contributed by atoms with Gasteiger partial charge >= 0.3 is 11.9 Å². The third-order valence-electron chi connectivity index (χ3n) is 3.94. The molecule has 2 aromatic rings. The lowest BCUT2D eigenvalue weighted by atomic mass is 9.78. The summed E-state index contributed by atoms with van der Waals surface area (Å²) in [5, 5.41) is 18.0. The summed E-state index contributed by atoms with van der Waals surface area (Å²) in [7, 11) is 0. The third kappa shape index (κ3) is 4.35. The highest BCUT2D eigenvalue weighted by Gasteiger charge is 2.23. The lowest BCUT2D eigenvalue weighted by molar-refractivity contribution is -0.142. The molecule has 0 aromatic heterocycles. The number of rotatable bonds is 6. The topological polar surface area (TPSA) is 83.8 Å². The molecule has 0 unspecified atom stereocenters. The van der Waals surface area contributed by atoms with Crippen molar-refractivity contribution in [1.82, 2.24) is 0 Å². The van der Waals surface area contributed by atoms with Gasteiger partial charge in [0.05, 0.1) is 12.8 Å². The van der Waals surface area contributed by atoms with Crippen LogP contribution in [0.4, 0.5) is 0 Å². The molecule has 5 nitrogen and oxygen atoms in total. The molecule has 0 bridgehead atoms. The van der Waals surface area contributed by atoms with Crippen molar-refractivity contribution in [3.63, 3.8) is 0 Å². The molecule has 0 saturated carbocycles. The van der Waals surface area contributed by atoms with Crippen LogP contribution in [0, 0.1) is 0 Å². The van der Waals surface area contributed by atoms with Gasteiger partial charge in [0.25, 0.3) is 0 Å². The molecule has 2 rings (SSSR count). The first-order valence-electron chi connectivity index (χ1n) is 7.61. The van der Waals surface area contributed by atoms with Gasteiger partial charge in [-0.05, 0) is 35.4 Å². The second-order valence-electron chi connectivity index (χ2n) is 6.06. The van der Waals surface area contributed by atoms with Crippen LogP contribution in [0.2, 0.25) is 0 Å². The second-order valence-corrected chi connectivity index (χ2v) is 6.06. The van der Waals surface area contributed by atoms with E-state index in [4.69, 9.17) is 9.84 Å². The van der Waals surface area contributed by atoms with Gasteiger partial charge in [0.15, 0.2) is 0 Å². The zero-order chi connectivity index (χ0) is 17.7. The van der Waals surface area contributed by atoms with E-state index < -0.39 is 11.9 Å². The molecule has 0 radical (unpaired) electrons. The van der Waals surface area contributed by atoms with E-state index in [9.17, 15) is 14.7 Å². The van der Waals surface area contributed by atoms with Gasteiger partial charge in [0, 0.05) is 5.41 Å². The Morgan fingerprint density at radius 1 is 0.917 bits per heavy atom. The van der Waals surface area contributed by atoms with Gasteiger partial charge in [0.1, 0.15) is 11.5 Å². The molecule has 5 heteroatoms. The molecule has 0 saturated heterocycles. The van der Waals surface area contributed by atoms with Crippen molar-refractivity contribution < 1.29 is 24.5 Å². The maximum absolute atomic E-state index is 11.5. The standard InChI is InChI=1S/C19H20O5/c1-19(2,13-3-7-15(20)8-4-13)14-5-9-16(10-6-14)24-18(23)12-11-17(21)22/h3-10,20H,11-12H2,1-2H3,(H,21,22). The first-order valence-corrected chi connectivity index (χ1v) is 7.61. The number of phenolic OH excluding ortho intramolecular Hbond substituents is 1. The van der Waals surface area contributed by atoms with E-state index in [2.05, 4.69) is 13.8 Å². The van der Waals surface area contributed by atoms with E-state index in [-0.39, 0.29) is 24.0 Å². The van der Waals surface area contributed by atoms with Crippen molar-refractivity contribution in [3.8, 4) is 11.5 Å². The van der Waals surface area contributed by atoms with E-state index >= 15 is 0 Å². The number of aliphatic carboxylic acids is 1. The SMILES string of the molecule is CC(C)(c1ccc(O)cc1)c1ccc(OC(=O)CCC(=O)O)cc1. The van der Waals surface area contributed by atoms with Crippen molar-refractivity contribution in [3.05, 3.63) is 59.7 Å². The first kappa shape index (κ1) is 17.5. The van der Waals surface area contributed by atoms with Crippen LogP contribution in [0.5, 0.6) is 11.5 Å². The highest BCUT2D eigenvalue weighted by molar-refractivity contribution is 5.78. The number of hydrogen-bond donors (Lipinski definition) is 2. The molecule has 0 fully saturated rings. The number of carbonyl (C=O) groups excluding carboxylic acids is 1. The minimum absolute atomic E-state index is 0.157. The zero-order valence-electron chi connectivity index (χ0n) is 13.7. The molecule has 0 aliphatic heterocycles. The Kier molecular flexibility index (Phi) is 5.24. The number of carboxylic acids is 1. The first-order chi connectivity index (χ1) is 11.3. The third-order valence-corrected chi connectivity index (χ3v) is 3.94. The Balaban J connectivity index is 2.09. The van der Waals surface area contributed by atoms with Crippen LogP contribution in [-0.2, 0) is 15.0 Å². The molecule has 2 aromatic carbocycles. The van der Waals surface area contributed by atoms with E-state index in [1.807, 2.05) is 24.3 Å². The van der Waals surface area contributed by atoms with Crippen LogP contribution in [-0.4, -0.2) is 22.2 Å². The van der Waals surface area contributed by atoms with Crippen molar-refractivity contribution in [2.45, 2.75) is 32.1 Å². The fourth-order valence-corrected chi connectivity index (χ4v) is 2.38. The summed E-state index contributed by atoms with van der Waals surface area (Å²) >= 11 is 0. The van der Waals surface area contributed by atoms with Crippen LogP contribution in [0.1, 0.15) is 37.8 Å². The van der Waals surface area contributed by atoms with Gasteiger partial charge in [-0.25, -0.2) is 0 Å². The summed E-state index contributed by atoms with van der Waals surface area (Å²) in [6, 6.07) is 14.2. The van der Waals surface area contributed by atoms with Gasteiger partial charge in [0.2, 0.25) is 0 Å². The van der Waals surface area contributed by atoms with Gasteiger partial charge in [-0.15, -0.1) is 0 Å². The molecule has 2 N–H and O–H groups in total. The predicted molar refractivity (Wildman–Crippen MR) is 89.2 cm³/mol. The number of phenols is 1. The number of benzene rings is 2. The summed E-state index contributed by atoms with van der Waals surface area (Å²) in [5.41, 5.74) is 1.80. The van der Waals surface area contributed by atoms with Crippen molar-refractivity contribution >= 4 is 11.9 Å². The quantitative estimate of drug-likeness (QED) is 0.626. The van der Waals surface area contributed by atoms with Gasteiger partial charge in [-0.3, -0.25) is 9.59 Å². The molecule has 0 aliphatic carbocycles. The summed E-state index contributed by atoms with van der Waals surface area (Å²) in [4.78, 5) is 22.0. The largest absolute Gasteiger partial charge is 0.508 e. The van der Waals surface area contributed by atoms with Crippen molar-refractivity contribution in [1.29, 1.82) is 0 Å². The fourth-order valence-electron chi connectivity index (χ4n) is 2.38. The fraction of sp³-hybridized carbons (Fsp3) is 0.263. The van der Waals surface area contributed by atoms with Gasteiger partial charge in [-0.2, -0.15) is 0 Å². The van der Waals surface area contributed by atoms with E-state index in [0.717, 1.165) is 11.1 Å². The molecule has 0 atom stereocenters. The van der Waals surface area contributed by atoms with Crippen molar-refractivity contribution in [2.24, 2.45) is 0 Å². The number of ether oxygens (including phenoxy) is 1. The molecule has 0 heterocycles. The smallest absolute Gasteiger partial charge is 0.311 e. The zero-order valence-corrected chi connectivity index (χ0v) is 13.7. The Labute approximate surface area is 140 Å². The Bertz CT molecular complexity index is 714. The minimum Gasteiger partial charge on any atom is -0.508 e. The van der Waals surface area contributed by atoms with Crippen LogP contribution in [0.15, 0.2) is 48.5 Å². The lowest BCUT2D eigenvalue weighted by Crippen LogP contribution is -2.18. The molecule has 0 spiro atoms. The van der Waals surface area contributed by atoms with Crippen molar-refractivity contribution in [2.75, 3.05) is 0 Å². The molecule has 24 heavy (non-hydrogen) atoms. The van der Waals surface area contributed by atoms with E-state index in [0.29, 0.717) is 5.75 Å². The number of carboxylic acid groups (broad SMARTS) is 1. The minimum atomic E-state index is -1.03. The number of hydrogen-bond acceptors (Lipinski definition) is 4. The Hall–Kier alpha value is -2.82. The van der Waals surface area contributed by atoms with E-state index in [1.165, 1.54) is 0 Å². The monoisotopic (exact) mass is 328 g/mol. The van der Waals surface area contributed by atoms with Crippen LogP contribution < -0.4 is 4.74 Å². The van der Waals surface area contributed by atoms with Gasteiger partial charge < -0.3 is 14.9 Å². The maximum atomic E-state index is 11.5. The van der Waals surface area contributed by atoms with Crippen LogP contribution in [0.25, 0.3) is 0 Å². The van der Waals surface area contributed by atoms with Crippen LogP contribution in [0.3, 0.4) is 0 Å². The number of aromatic hydroxyl groups is 1. The average Bonchev–Trinajstić information content (AvgIpc) is 2.54. The summed E-state index contributed by atoms with van der Waals surface area (Å²) in [6.45, 7) is 4.13. The van der Waals surface area contributed by atoms with Crippen LogP contribution >= 0.6 is 0 Å². The highest BCUT2D eigenvalue weighted by Crippen LogP contribution is 2.33. The average molecular weight is 328 g/mol. The lowest BCUT2D eigenvalue weighted by Gasteiger charge is -2.26. The highest BCUT2D eigenvalue weighted by atomic mass is 16.5. The Morgan fingerprint density at radius 3 is 1.92 bits per heavy atom. The molecule has 0 amide bonds. The maximum Gasteiger partial charge on any atom is 0.311 e. The molecule has 126 valence electrons. The number of esters is 1. The van der Waals surface area contributed by atoms with E-state index in [1.54, 1.807) is 24.3 Å². The number of carbonyl (C=O) groups is 2. The summed E-state index contributed by atoms with van der Waals surface area (Å²) in [5.74, 6) is -0.991. The molecular weight excluding hydrogens is 308 g/mol. The second kappa shape index (κ2) is 7.17. The summed E-state index contributed by atoms with van der Waals surface area (Å²) < 4.78 is 5.12. The normalized spacial score (nSPS) is 11.1. The Morgan fingerprint density at radius 2 is 1.42 bits per heavy atom. The summed E-state index contributed by atoms with van der Waals surface area (Å²) in [6.07, 6.45) is -0.402. The molecular formula is C19H20O5. The molecule has 0 aliphatic rings. The van der Waals surface area contributed by atoms with Gasteiger partial charge in [-0.1, -0.05) is 38.1 Å². The predicted octanol–water partition coefficient (Wildman–Crippen LogP) is 3.49.